The Balaban J connectivity index is 1.62. The normalized spacial score (nSPS) is 21.4. The van der Waals surface area contributed by atoms with Gasteiger partial charge in [-0.05, 0) is 14.1 Å². The molecule has 0 bridgehead atoms. The number of morpholine rings is 1. The number of nitrogens with one attached hydrogen (secondary N) is 1. The summed E-state index contributed by atoms with van der Waals surface area (Å²) >= 11 is 0. The van der Waals surface area contributed by atoms with Gasteiger partial charge in [0.15, 0.2) is 8.45 Å². The molecule has 1 aromatic heterocycles. The molecule has 1 amide bonds. The number of amides is 1. The van der Waals surface area contributed by atoms with Crippen LogP contribution in [0, 0.1) is 0 Å². The molecule has 2 radical (unpaired) electrons. The number of primary amides is 1. The number of hydrogen-bond donors (Lipinski definition) is 3. The number of carbonyl (C=O) groups excluding carboxylic acids is 1. The molecule has 15 nitrogen and oxygen atoms in total. The standard InChI is InChI=1S/C21H40BN10O5P/c1-29(2)38(36-15-16-12-25-13-17(22)37-16)32-7-5-31(6-8-32)20-26-19(30(3)14-18(24)33)27-21(28-20)35-11-10-34-9-4-23/h16-17,25H,4-15,23H2,1-3H3,(H2,24,33). The Morgan fingerprint density at radius 3 is 2.58 bits per heavy atom. The number of anilines is 2. The van der Waals surface area contributed by atoms with Crippen LogP contribution >= 0.6 is 8.45 Å². The summed E-state index contributed by atoms with van der Waals surface area (Å²) in [6.45, 7) is 6.11. The summed E-state index contributed by atoms with van der Waals surface area (Å²) in [6, 6.07) is -0.163. The second-order valence-electron chi connectivity index (χ2n) is 9.08. The van der Waals surface area contributed by atoms with Gasteiger partial charge in [-0.1, -0.05) is 0 Å². The summed E-state index contributed by atoms with van der Waals surface area (Å²) < 4.78 is 27.5. The number of nitrogens with two attached hydrogens (primary N) is 2. The molecule has 3 rings (SSSR count). The molecule has 2 aliphatic heterocycles. The minimum absolute atomic E-state index is 0.0358. The monoisotopic (exact) mass is 554 g/mol. The van der Waals surface area contributed by atoms with E-state index in [1.54, 1.807) is 11.9 Å². The van der Waals surface area contributed by atoms with Crippen molar-refractivity contribution in [2.45, 2.75) is 12.1 Å². The van der Waals surface area contributed by atoms with Crippen LogP contribution in [-0.2, 0) is 18.8 Å². The van der Waals surface area contributed by atoms with Crippen LogP contribution in [0.25, 0.3) is 0 Å². The number of aromatic nitrogens is 3. The van der Waals surface area contributed by atoms with Gasteiger partial charge >= 0.3 is 6.01 Å². The number of likely N-dealkylation sites (N-methyl/N-ethyl adjacent to an activating group) is 1. The lowest BCUT2D eigenvalue weighted by atomic mass is 9.98. The highest BCUT2D eigenvalue weighted by Crippen LogP contribution is 2.44. The van der Waals surface area contributed by atoms with E-state index in [1.165, 1.54) is 0 Å². The van der Waals surface area contributed by atoms with Crippen molar-refractivity contribution in [2.75, 3.05) is 110 Å². The highest BCUT2D eigenvalue weighted by Gasteiger charge is 2.30. The van der Waals surface area contributed by atoms with Crippen LogP contribution in [0.2, 0.25) is 0 Å². The van der Waals surface area contributed by atoms with E-state index in [4.69, 9.17) is 38.0 Å². The lowest BCUT2D eigenvalue weighted by molar-refractivity contribution is -0.116. The summed E-state index contributed by atoms with van der Waals surface area (Å²) in [5, 5.41) is 3.26. The van der Waals surface area contributed by atoms with Crippen LogP contribution in [0.3, 0.4) is 0 Å². The Hall–Kier alpha value is -1.91. The van der Waals surface area contributed by atoms with E-state index >= 15 is 0 Å². The van der Waals surface area contributed by atoms with Crippen molar-refractivity contribution >= 4 is 34.1 Å². The van der Waals surface area contributed by atoms with Gasteiger partial charge in [0.05, 0.1) is 32.5 Å². The first-order valence-electron chi connectivity index (χ1n) is 12.6. The van der Waals surface area contributed by atoms with E-state index in [0.717, 1.165) is 13.1 Å². The van der Waals surface area contributed by atoms with Gasteiger partial charge in [0, 0.05) is 58.9 Å². The van der Waals surface area contributed by atoms with Gasteiger partial charge in [-0.2, -0.15) is 15.0 Å². The Bertz CT molecular complexity index is 870. The van der Waals surface area contributed by atoms with Crippen LogP contribution in [0.4, 0.5) is 11.9 Å². The SMILES string of the molecule is [B]C1CNCC(COP(N(C)C)N2CCN(c3nc(OCCOCCN)nc(N(C)CC(N)=O)n3)CC2)O1. The zero-order chi connectivity index (χ0) is 27.5. The van der Waals surface area contributed by atoms with E-state index in [2.05, 4.69) is 34.5 Å². The molecule has 212 valence electrons. The summed E-state index contributed by atoms with van der Waals surface area (Å²) in [4.78, 5) is 28.5. The van der Waals surface area contributed by atoms with Crippen molar-refractivity contribution in [2.24, 2.45) is 11.5 Å². The van der Waals surface area contributed by atoms with E-state index < -0.39 is 14.4 Å². The first-order chi connectivity index (χ1) is 18.3. The summed E-state index contributed by atoms with van der Waals surface area (Å²) in [5.41, 5.74) is 10.8. The van der Waals surface area contributed by atoms with Crippen molar-refractivity contribution in [3.05, 3.63) is 0 Å². The maximum Gasteiger partial charge on any atom is 0.323 e. The second-order valence-corrected chi connectivity index (χ2v) is 11.2. The highest BCUT2D eigenvalue weighted by atomic mass is 31.2. The largest absolute Gasteiger partial charge is 0.461 e. The molecule has 0 aliphatic carbocycles. The van der Waals surface area contributed by atoms with Crippen molar-refractivity contribution in [3.63, 3.8) is 0 Å². The maximum absolute atomic E-state index is 11.5. The highest BCUT2D eigenvalue weighted by molar-refractivity contribution is 7.47. The lowest BCUT2D eigenvalue weighted by Crippen LogP contribution is -2.48. The Labute approximate surface area is 226 Å². The summed E-state index contributed by atoms with van der Waals surface area (Å²) in [7, 11) is 10.6. The Kier molecular flexibility index (Phi) is 12.6. The molecule has 3 atom stereocenters. The molecule has 3 unspecified atom stereocenters. The molecule has 1 aromatic rings. The van der Waals surface area contributed by atoms with E-state index in [0.29, 0.717) is 64.4 Å². The maximum atomic E-state index is 11.5. The number of nitrogens with zero attached hydrogens (tertiary/aromatic N) is 7. The van der Waals surface area contributed by atoms with E-state index in [1.807, 2.05) is 14.1 Å². The van der Waals surface area contributed by atoms with Crippen molar-refractivity contribution < 1.29 is 23.5 Å². The van der Waals surface area contributed by atoms with Gasteiger partial charge in [0.1, 0.15) is 14.5 Å². The van der Waals surface area contributed by atoms with Gasteiger partial charge in [-0.25, -0.2) is 4.67 Å². The van der Waals surface area contributed by atoms with Gasteiger partial charge in [-0.15, -0.1) is 0 Å². The number of piperazine rings is 1. The first kappa shape index (κ1) is 30.6. The van der Waals surface area contributed by atoms with Crippen molar-refractivity contribution in [3.8, 4) is 6.01 Å². The zero-order valence-electron chi connectivity index (χ0n) is 22.5. The van der Waals surface area contributed by atoms with Gasteiger partial charge in [0.2, 0.25) is 17.8 Å². The fraction of sp³-hybridized carbons (Fsp3) is 0.810. The van der Waals surface area contributed by atoms with Crippen molar-refractivity contribution in [1.29, 1.82) is 0 Å². The molecule has 2 fully saturated rings. The number of rotatable bonds is 15. The molecule has 17 heteroatoms. The predicted octanol–water partition coefficient (Wildman–Crippen LogP) is -2.44. The fourth-order valence-electron chi connectivity index (χ4n) is 3.89. The molecule has 0 aromatic carbocycles. The minimum Gasteiger partial charge on any atom is -0.461 e. The quantitative estimate of drug-likeness (QED) is 0.119. The molecular formula is C21H40BN10O5P. The van der Waals surface area contributed by atoms with Gasteiger partial charge in [-0.3, -0.25) is 9.46 Å². The molecule has 0 spiro atoms. The zero-order valence-corrected chi connectivity index (χ0v) is 23.4. The van der Waals surface area contributed by atoms with Gasteiger partial charge in [0.25, 0.3) is 0 Å². The molecule has 38 heavy (non-hydrogen) atoms. The third kappa shape index (κ3) is 9.69. The van der Waals surface area contributed by atoms with E-state index in [9.17, 15) is 4.79 Å². The fourth-order valence-corrected chi connectivity index (χ4v) is 5.61. The van der Waals surface area contributed by atoms with Crippen molar-refractivity contribution in [1.82, 2.24) is 29.6 Å². The first-order valence-corrected chi connectivity index (χ1v) is 13.8. The third-order valence-corrected chi connectivity index (χ3v) is 7.58. The minimum atomic E-state index is -0.980. The predicted molar refractivity (Wildman–Crippen MR) is 145 cm³/mol. The average Bonchev–Trinajstić information content (AvgIpc) is 2.88. The van der Waals surface area contributed by atoms with E-state index in [-0.39, 0.29) is 31.3 Å². The Morgan fingerprint density at radius 1 is 1.16 bits per heavy atom. The van der Waals surface area contributed by atoms with Gasteiger partial charge < -0.3 is 45.3 Å². The second kappa shape index (κ2) is 15.6. The van der Waals surface area contributed by atoms with Crippen LogP contribution in [0.1, 0.15) is 0 Å². The topological polar surface area (TPSA) is 170 Å². The summed E-state index contributed by atoms with van der Waals surface area (Å²) in [6.07, 6.45) is -0.0786. The number of carbonyl (C=O) groups is 1. The molecule has 5 N–H and O–H groups in total. The van der Waals surface area contributed by atoms with Crippen LogP contribution in [0.5, 0.6) is 6.01 Å². The summed E-state index contributed by atoms with van der Waals surface area (Å²) in [5.74, 6) is 0.274. The van der Waals surface area contributed by atoms with Crippen LogP contribution in [-0.4, -0.2) is 150 Å². The smallest absolute Gasteiger partial charge is 0.323 e. The van der Waals surface area contributed by atoms with Crippen LogP contribution < -0.4 is 31.3 Å². The average molecular weight is 554 g/mol. The molecular weight excluding hydrogens is 514 g/mol. The lowest BCUT2D eigenvalue weighted by Gasteiger charge is -2.41. The third-order valence-electron chi connectivity index (χ3n) is 5.63. The Morgan fingerprint density at radius 2 is 1.92 bits per heavy atom. The number of hydrogen-bond acceptors (Lipinski definition) is 14. The molecule has 0 saturated carbocycles. The molecule has 2 aliphatic rings. The molecule has 3 heterocycles. The van der Waals surface area contributed by atoms with Crippen LogP contribution in [0.15, 0.2) is 0 Å². The number of ether oxygens (including phenoxy) is 3. The molecule has 2 saturated heterocycles.